The minimum Gasteiger partial charge on any atom is -0.329 e. The van der Waals surface area contributed by atoms with Gasteiger partial charge >= 0.3 is 0 Å². The molecule has 0 aromatic heterocycles. The third-order valence-corrected chi connectivity index (χ3v) is 3.32. The molecule has 0 aliphatic heterocycles. The van der Waals surface area contributed by atoms with E-state index in [0.29, 0.717) is 0 Å². The summed E-state index contributed by atoms with van der Waals surface area (Å²) in [5.74, 6) is 0.868. The molecular formula is C11H25N3. The van der Waals surface area contributed by atoms with E-state index in [0.717, 1.165) is 12.5 Å². The van der Waals surface area contributed by atoms with E-state index >= 15 is 0 Å². The maximum absolute atomic E-state index is 5.91. The Morgan fingerprint density at radius 3 is 2.64 bits per heavy atom. The fraction of sp³-hybridized carbons (Fsp3) is 1.00. The molecular weight excluding hydrogens is 174 g/mol. The quantitative estimate of drug-likeness (QED) is 0.532. The predicted molar refractivity (Wildman–Crippen MR) is 60.9 cm³/mol. The first-order valence-corrected chi connectivity index (χ1v) is 5.73. The summed E-state index contributed by atoms with van der Waals surface area (Å²) < 4.78 is 0. The summed E-state index contributed by atoms with van der Waals surface area (Å²) in [6.07, 6.45) is 6.39. The zero-order chi connectivity index (χ0) is 10.6. The second kappa shape index (κ2) is 5.10. The molecule has 2 unspecified atom stereocenters. The highest BCUT2D eigenvalue weighted by Crippen LogP contribution is 2.29. The van der Waals surface area contributed by atoms with Crippen molar-refractivity contribution >= 4 is 0 Å². The average Bonchev–Trinajstić information content (AvgIpc) is 2.29. The van der Waals surface area contributed by atoms with E-state index in [4.69, 9.17) is 5.73 Å². The molecule has 2 atom stereocenters. The zero-order valence-corrected chi connectivity index (χ0v) is 9.84. The standard InChI is InChI=1S/C11H25N3/c1-10-5-4-7-11(9-12,8-6-10)13-14(2)3/h10,13H,4-9,12H2,1-3H3. The van der Waals surface area contributed by atoms with Gasteiger partial charge in [0.2, 0.25) is 0 Å². The minimum absolute atomic E-state index is 0.161. The van der Waals surface area contributed by atoms with Gasteiger partial charge in [-0.05, 0) is 25.2 Å². The summed E-state index contributed by atoms with van der Waals surface area (Å²) in [6.45, 7) is 3.10. The van der Waals surface area contributed by atoms with Crippen LogP contribution in [0.3, 0.4) is 0 Å². The normalized spacial score (nSPS) is 34.5. The van der Waals surface area contributed by atoms with E-state index in [-0.39, 0.29) is 5.54 Å². The Labute approximate surface area is 88.0 Å². The van der Waals surface area contributed by atoms with Crippen LogP contribution in [0.5, 0.6) is 0 Å². The summed E-state index contributed by atoms with van der Waals surface area (Å²) in [6, 6.07) is 0. The van der Waals surface area contributed by atoms with Crippen molar-refractivity contribution in [2.45, 2.75) is 44.6 Å². The van der Waals surface area contributed by atoms with Crippen LogP contribution in [0.1, 0.15) is 39.0 Å². The van der Waals surface area contributed by atoms with Gasteiger partial charge in [-0.25, -0.2) is 5.43 Å². The number of nitrogens with two attached hydrogens (primary N) is 1. The highest BCUT2D eigenvalue weighted by atomic mass is 15.5. The molecule has 0 heterocycles. The SMILES string of the molecule is CC1CCCC(CN)(NN(C)C)CC1. The molecule has 0 aromatic rings. The first kappa shape index (κ1) is 12.0. The van der Waals surface area contributed by atoms with Crippen LogP contribution in [0, 0.1) is 5.92 Å². The third kappa shape index (κ3) is 3.23. The summed E-state index contributed by atoms with van der Waals surface area (Å²) in [7, 11) is 4.09. The van der Waals surface area contributed by atoms with Gasteiger partial charge in [-0.2, -0.15) is 0 Å². The predicted octanol–water partition coefficient (Wildman–Crippen LogP) is 1.35. The fourth-order valence-corrected chi connectivity index (χ4v) is 2.42. The monoisotopic (exact) mass is 199 g/mol. The van der Waals surface area contributed by atoms with Crippen molar-refractivity contribution in [3.63, 3.8) is 0 Å². The molecule has 14 heavy (non-hydrogen) atoms. The Hall–Kier alpha value is -0.120. The average molecular weight is 199 g/mol. The van der Waals surface area contributed by atoms with Crippen molar-refractivity contribution < 1.29 is 0 Å². The molecule has 3 nitrogen and oxygen atoms in total. The lowest BCUT2D eigenvalue weighted by atomic mass is 9.90. The van der Waals surface area contributed by atoms with E-state index in [1.165, 1.54) is 32.1 Å². The van der Waals surface area contributed by atoms with E-state index in [1.807, 2.05) is 19.1 Å². The van der Waals surface area contributed by atoms with Gasteiger partial charge in [-0.1, -0.05) is 19.8 Å². The molecule has 0 amide bonds. The minimum atomic E-state index is 0.161. The Bertz CT molecular complexity index is 170. The van der Waals surface area contributed by atoms with Crippen LogP contribution in [0.4, 0.5) is 0 Å². The number of hydrogen-bond donors (Lipinski definition) is 2. The van der Waals surface area contributed by atoms with Crippen molar-refractivity contribution in [3.05, 3.63) is 0 Å². The molecule has 1 saturated carbocycles. The largest absolute Gasteiger partial charge is 0.329 e. The van der Waals surface area contributed by atoms with Gasteiger partial charge in [0, 0.05) is 26.2 Å². The van der Waals surface area contributed by atoms with Crippen molar-refractivity contribution in [1.82, 2.24) is 10.4 Å². The number of rotatable bonds is 3. The molecule has 0 spiro atoms. The van der Waals surface area contributed by atoms with Crippen molar-refractivity contribution in [2.75, 3.05) is 20.6 Å². The summed E-state index contributed by atoms with van der Waals surface area (Å²) in [5, 5.41) is 2.04. The maximum Gasteiger partial charge on any atom is 0.0448 e. The number of nitrogens with one attached hydrogen (secondary N) is 1. The van der Waals surface area contributed by atoms with E-state index in [1.54, 1.807) is 0 Å². The second-order valence-electron chi connectivity index (χ2n) is 5.03. The van der Waals surface area contributed by atoms with Gasteiger partial charge in [0.05, 0.1) is 0 Å². The molecule has 0 saturated heterocycles. The summed E-state index contributed by atoms with van der Waals surface area (Å²) >= 11 is 0. The maximum atomic E-state index is 5.91. The Morgan fingerprint density at radius 2 is 2.07 bits per heavy atom. The molecule has 1 rings (SSSR count). The molecule has 1 aliphatic rings. The molecule has 0 radical (unpaired) electrons. The van der Waals surface area contributed by atoms with Gasteiger partial charge in [-0.3, -0.25) is 5.01 Å². The van der Waals surface area contributed by atoms with Crippen LogP contribution in [0.2, 0.25) is 0 Å². The molecule has 3 heteroatoms. The summed E-state index contributed by atoms with van der Waals surface area (Å²) in [4.78, 5) is 0. The van der Waals surface area contributed by atoms with Crippen molar-refractivity contribution in [2.24, 2.45) is 11.7 Å². The van der Waals surface area contributed by atoms with Crippen molar-refractivity contribution in [1.29, 1.82) is 0 Å². The number of hydrogen-bond acceptors (Lipinski definition) is 3. The lowest BCUT2D eigenvalue weighted by Crippen LogP contribution is -2.55. The molecule has 3 N–H and O–H groups in total. The van der Waals surface area contributed by atoms with Crippen LogP contribution >= 0.6 is 0 Å². The van der Waals surface area contributed by atoms with E-state index in [2.05, 4.69) is 12.3 Å². The van der Waals surface area contributed by atoms with Gasteiger partial charge in [0.25, 0.3) is 0 Å². The van der Waals surface area contributed by atoms with E-state index < -0.39 is 0 Å². The Morgan fingerprint density at radius 1 is 1.36 bits per heavy atom. The van der Waals surface area contributed by atoms with E-state index in [9.17, 15) is 0 Å². The van der Waals surface area contributed by atoms with Crippen molar-refractivity contribution in [3.8, 4) is 0 Å². The van der Waals surface area contributed by atoms with Crippen LogP contribution in [0.25, 0.3) is 0 Å². The number of hydrazine groups is 1. The Balaban J connectivity index is 2.58. The zero-order valence-electron chi connectivity index (χ0n) is 9.84. The number of nitrogens with zero attached hydrogens (tertiary/aromatic N) is 1. The fourth-order valence-electron chi connectivity index (χ4n) is 2.42. The molecule has 84 valence electrons. The lowest BCUT2D eigenvalue weighted by Gasteiger charge is -2.35. The molecule has 1 fully saturated rings. The molecule has 0 bridgehead atoms. The third-order valence-electron chi connectivity index (χ3n) is 3.32. The summed E-state index contributed by atoms with van der Waals surface area (Å²) in [5.41, 5.74) is 9.59. The van der Waals surface area contributed by atoms with Gasteiger partial charge < -0.3 is 5.73 Å². The first-order valence-electron chi connectivity index (χ1n) is 5.73. The highest BCUT2D eigenvalue weighted by Gasteiger charge is 2.31. The molecule has 0 aromatic carbocycles. The topological polar surface area (TPSA) is 41.3 Å². The van der Waals surface area contributed by atoms with Gasteiger partial charge in [0.1, 0.15) is 0 Å². The van der Waals surface area contributed by atoms with Gasteiger partial charge in [0.15, 0.2) is 0 Å². The van der Waals surface area contributed by atoms with Crippen LogP contribution in [-0.4, -0.2) is 31.2 Å². The second-order valence-corrected chi connectivity index (χ2v) is 5.03. The Kier molecular flexibility index (Phi) is 4.35. The van der Waals surface area contributed by atoms with Gasteiger partial charge in [-0.15, -0.1) is 0 Å². The lowest BCUT2D eigenvalue weighted by molar-refractivity contribution is 0.145. The highest BCUT2D eigenvalue weighted by molar-refractivity contribution is 4.90. The van der Waals surface area contributed by atoms with Crippen LogP contribution < -0.4 is 11.2 Å². The van der Waals surface area contributed by atoms with Crippen LogP contribution in [0.15, 0.2) is 0 Å². The smallest absolute Gasteiger partial charge is 0.0448 e. The molecule has 1 aliphatic carbocycles. The first-order chi connectivity index (χ1) is 6.58. The van der Waals surface area contributed by atoms with Crippen LogP contribution in [-0.2, 0) is 0 Å².